The molecule has 2 aliphatic carbocycles. The van der Waals surface area contributed by atoms with E-state index in [2.05, 4.69) is 23.8 Å². The summed E-state index contributed by atoms with van der Waals surface area (Å²) in [5, 5.41) is 17.5. The van der Waals surface area contributed by atoms with E-state index in [9.17, 15) is 32.9 Å². The Morgan fingerprint density at radius 3 is 2.16 bits per heavy atom. The van der Waals surface area contributed by atoms with Crippen molar-refractivity contribution in [3.8, 4) is 11.1 Å². The molecule has 0 aliphatic heterocycles. The third-order valence-electron chi connectivity index (χ3n) is 11.4. The lowest BCUT2D eigenvalue weighted by Crippen LogP contribution is -2.54. The van der Waals surface area contributed by atoms with Gasteiger partial charge in [-0.1, -0.05) is 78.9 Å². The van der Waals surface area contributed by atoms with Crippen LogP contribution in [0.1, 0.15) is 65.4 Å². The zero-order chi connectivity index (χ0) is 45.5. The molecule has 2 N–H and O–H groups in total. The molecule has 2 saturated carbocycles. The maximum atomic E-state index is 15.3. The first-order valence-corrected chi connectivity index (χ1v) is 22.0. The predicted molar refractivity (Wildman–Crippen MR) is 232 cm³/mol. The van der Waals surface area contributed by atoms with Gasteiger partial charge in [-0.2, -0.15) is 4.31 Å². The molecular formula is C46H56N4O11S. The smallest absolute Gasteiger partial charge is 0.408 e. The molecule has 2 amide bonds. The van der Waals surface area contributed by atoms with Crippen LogP contribution in [-0.4, -0.2) is 85.4 Å². The molecule has 15 nitrogen and oxygen atoms in total. The Morgan fingerprint density at radius 1 is 0.952 bits per heavy atom. The topological polar surface area (TPSA) is 201 Å². The lowest BCUT2D eigenvalue weighted by molar-refractivity contribution is -0.387. The number of unbranched alkanes of at least 4 members (excludes halogenated alkanes) is 1. The van der Waals surface area contributed by atoms with E-state index in [1.54, 1.807) is 39.8 Å². The van der Waals surface area contributed by atoms with Crippen molar-refractivity contribution in [2.45, 2.75) is 87.5 Å². The normalized spacial score (nSPS) is 22.5. The van der Waals surface area contributed by atoms with E-state index in [0.29, 0.717) is 12.0 Å². The molecule has 16 heteroatoms. The van der Waals surface area contributed by atoms with Gasteiger partial charge in [0.1, 0.15) is 17.2 Å². The van der Waals surface area contributed by atoms with Gasteiger partial charge in [-0.05, 0) is 82.6 Å². The molecule has 5 rings (SSSR count). The Hall–Kier alpha value is -5.71. The lowest BCUT2D eigenvalue weighted by atomic mass is 9.86. The Labute approximate surface area is 363 Å². The molecular weight excluding hydrogens is 817 g/mol. The van der Waals surface area contributed by atoms with Gasteiger partial charge in [0, 0.05) is 38.1 Å². The van der Waals surface area contributed by atoms with E-state index in [-0.39, 0.29) is 38.8 Å². The van der Waals surface area contributed by atoms with Crippen LogP contribution in [0.5, 0.6) is 0 Å². The van der Waals surface area contributed by atoms with Gasteiger partial charge in [-0.25, -0.2) is 18.0 Å². The minimum absolute atomic E-state index is 0.0369. The van der Waals surface area contributed by atoms with Crippen molar-refractivity contribution in [3.63, 3.8) is 0 Å². The number of para-hydroxylation sites is 1. The Bertz CT molecular complexity index is 2260. The van der Waals surface area contributed by atoms with Crippen LogP contribution in [0.15, 0.2) is 109 Å². The van der Waals surface area contributed by atoms with Gasteiger partial charge in [0.15, 0.2) is 10.7 Å². The van der Waals surface area contributed by atoms with Gasteiger partial charge >= 0.3 is 12.1 Å². The number of nitro benzene ring substituents is 1. The standard InChI is InChI=1S/C46H56N4O11S/c1-8-11-17-26-49(62(57,58)39-21-16-15-20-38(39)50(55)56)30-37(47-43(54)61-44(4,5)6)40(51)35-28-45(59-7,34-24-22-32(23-25-34)31-18-13-12-14-19-31)29-36(35)41(52)48-46(27-33(46)9-2)42(53)60-10-3/h8-9,12-16,18-25,33,35-37H,1-2,10-11,17,26-30H2,3-7H3,(H,47,54)(H,48,52)/t33-,35?,36-,37+,45-,46-/m1/s1. The number of ether oxygens (including phenoxy) is 3. The lowest BCUT2D eigenvalue weighted by Gasteiger charge is -2.31. The number of carbonyl (C=O) groups excluding carboxylic acids is 4. The highest BCUT2D eigenvalue weighted by Gasteiger charge is 2.63. The van der Waals surface area contributed by atoms with Crippen LogP contribution in [-0.2, 0) is 44.2 Å². The molecule has 3 aromatic carbocycles. The fourth-order valence-corrected chi connectivity index (χ4v) is 9.80. The first kappa shape index (κ1) is 47.3. The van der Waals surface area contributed by atoms with Crippen LogP contribution in [0.25, 0.3) is 11.1 Å². The summed E-state index contributed by atoms with van der Waals surface area (Å²) in [6.07, 6.45) is 2.79. The summed E-state index contributed by atoms with van der Waals surface area (Å²) in [5.74, 6) is -4.84. The van der Waals surface area contributed by atoms with Crippen LogP contribution in [0, 0.1) is 27.9 Å². The quantitative estimate of drug-likeness (QED) is 0.0395. The Morgan fingerprint density at radius 2 is 1.58 bits per heavy atom. The van der Waals surface area contributed by atoms with E-state index in [4.69, 9.17) is 14.2 Å². The predicted octanol–water partition coefficient (Wildman–Crippen LogP) is 6.87. The number of sulfonamides is 1. The van der Waals surface area contributed by atoms with Crippen molar-refractivity contribution in [2.75, 3.05) is 26.8 Å². The number of nitrogens with one attached hydrogen (secondary N) is 2. The summed E-state index contributed by atoms with van der Waals surface area (Å²) in [4.78, 5) is 67.5. The summed E-state index contributed by atoms with van der Waals surface area (Å²) in [7, 11) is -3.23. The number of rotatable bonds is 20. The maximum Gasteiger partial charge on any atom is 0.408 e. The molecule has 0 aromatic heterocycles. The number of methoxy groups -OCH3 is 1. The van der Waals surface area contributed by atoms with E-state index in [0.717, 1.165) is 27.6 Å². The monoisotopic (exact) mass is 872 g/mol. The van der Waals surface area contributed by atoms with Gasteiger partial charge in [-0.3, -0.25) is 19.7 Å². The fourth-order valence-electron chi connectivity index (χ4n) is 8.15. The van der Waals surface area contributed by atoms with Crippen molar-refractivity contribution in [1.29, 1.82) is 0 Å². The number of carbonyl (C=O) groups is 4. The van der Waals surface area contributed by atoms with Gasteiger partial charge in [-0.15, -0.1) is 13.2 Å². The zero-order valence-electron chi connectivity index (χ0n) is 35.8. The molecule has 0 radical (unpaired) electrons. The minimum Gasteiger partial charge on any atom is -0.464 e. The molecule has 0 spiro atoms. The molecule has 1 unspecified atom stereocenters. The number of Topliss-reactive ketones (excluding diaryl/α,β-unsaturated/α-hetero) is 1. The summed E-state index contributed by atoms with van der Waals surface area (Å²) >= 11 is 0. The van der Waals surface area contributed by atoms with Crippen molar-refractivity contribution in [2.24, 2.45) is 17.8 Å². The molecule has 62 heavy (non-hydrogen) atoms. The second kappa shape index (κ2) is 19.6. The Kier molecular flexibility index (Phi) is 14.9. The number of nitrogens with zero attached hydrogens (tertiary/aromatic N) is 2. The number of benzene rings is 3. The SMILES string of the molecule is C=CCCCN(C[C@H](NC(=O)OC(C)(C)C)C(=O)C1C[C@](OC)(c2ccc(-c3ccccc3)cc2)C[C@H]1C(=O)N[C@]1(C(=O)OCC)C[C@H]1C=C)S(=O)(=O)c1ccccc1[N+](=O)[O-]. The van der Waals surface area contributed by atoms with Crippen LogP contribution >= 0.6 is 0 Å². The van der Waals surface area contributed by atoms with E-state index < -0.39 is 96.4 Å². The summed E-state index contributed by atoms with van der Waals surface area (Å²) in [6, 6.07) is 20.4. The highest BCUT2D eigenvalue weighted by molar-refractivity contribution is 7.89. The average Bonchev–Trinajstić information content (AvgIpc) is 3.81. The second-order valence-electron chi connectivity index (χ2n) is 16.6. The first-order valence-electron chi connectivity index (χ1n) is 20.6. The second-order valence-corrected chi connectivity index (χ2v) is 18.5. The van der Waals surface area contributed by atoms with Crippen LogP contribution in [0.4, 0.5) is 10.5 Å². The highest BCUT2D eigenvalue weighted by atomic mass is 32.2. The fraction of sp³-hybridized carbons (Fsp3) is 0.435. The number of hydrogen-bond donors (Lipinski definition) is 2. The number of allylic oxidation sites excluding steroid dienone is 1. The minimum atomic E-state index is -4.70. The first-order chi connectivity index (χ1) is 29.4. The molecule has 2 aliphatic rings. The van der Waals surface area contributed by atoms with Gasteiger partial charge in [0.25, 0.3) is 5.69 Å². The van der Waals surface area contributed by atoms with Crippen molar-refractivity contribution >= 4 is 39.5 Å². The highest BCUT2D eigenvalue weighted by Crippen LogP contribution is 2.51. The van der Waals surface area contributed by atoms with Crippen LogP contribution < -0.4 is 10.6 Å². The molecule has 6 atom stereocenters. The van der Waals surface area contributed by atoms with Gasteiger partial charge < -0.3 is 24.8 Å². The molecule has 332 valence electrons. The molecule has 0 bridgehead atoms. The van der Waals surface area contributed by atoms with E-state index in [1.807, 2.05) is 54.6 Å². The number of amides is 2. The van der Waals surface area contributed by atoms with Crippen molar-refractivity contribution < 1.29 is 46.7 Å². The van der Waals surface area contributed by atoms with Crippen molar-refractivity contribution in [3.05, 3.63) is 120 Å². The van der Waals surface area contributed by atoms with E-state index in [1.165, 1.54) is 19.2 Å². The average molecular weight is 873 g/mol. The van der Waals surface area contributed by atoms with E-state index >= 15 is 4.79 Å². The molecule has 3 aromatic rings. The van der Waals surface area contributed by atoms with Gasteiger partial charge in [0.2, 0.25) is 15.9 Å². The summed E-state index contributed by atoms with van der Waals surface area (Å²) in [5.41, 5.74) is -1.81. The van der Waals surface area contributed by atoms with Crippen molar-refractivity contribution in [1.82, 2.24) is 14.9 Å². The third kappa shape index (κ3) is 10.5. The number of nitro groups is 1. The molecule has 2 fully saturated rings. The van der Waals surface area contributed by atoms with Crippen LogP contribution in [0.3, 0.4) is 0 Å². The van der Waals surface area contributed by atoms with Crippen LogP contribution in [0.2, 0.25) is 0 Å². The van der Waals surface area contributed by atoms with Gasteiger partial charge in [0.05, 0.1) is 23.0 Å². The maximum absolute atomic E-state index is 15.3. The zero-order valence-corrected chi connectivity index (χ0v) is 36.7. The summed E-state index contributed by atoms with van der Waals surface area (Å²) in [6.45, 7) is 13.2. The number of hydrogen-bond acceptors (Lipinski definition) is 11. The molecule has 0 heterocycles. The summed E-state index contributed by atoms with van der Waals surface area (Å²) < 4.78 is 46.9. The number of esters is 1. The Balaban J connectivity index is 1.61. The third-order valence-corrected chi connectivity index (χ3v) is 13.3. The largest absolute Gasteiger partial charge is 0.464 e. The number of alkyl carbamates (subject to hydrolysis) is 1. The molecule has 0 saturated heterocycles. The number of ketones is 1.